The van der Waals surface area contributed by atoms with Crippen LogP contribution >= 0.6 is 0 Å². The van der Waals surface area contributed by atoms with Crippen LogP contribution in [-0.2, 0) is 16.0 Å². The maximum Gasteiger partial charge on any atom is 0.228 e. The van der Waals surface area contributed by atoms with E-state index in [1.165, 1.54) is 0 Å². The van der Waals surface area contributed by atoms with Crippen LogP contribution in [0.5, 0.6) is 0 Å². The van der Waals surface area contributed by atoms with E-state index in [-0.39, 0.29) is 18.2 Å². The number of amides is 2. The summed E-state index contributed by atoms with van der Waals surface area (Å²) in [4.78, 5) is 23.7. The molecule has 0 unspecified atom stereocenters. The fourth-order valence-electron chi connectivity index (χ4n) is 2.50. The van der Waals surface area contributed by atoms with Gasteiger partial charge in [-0.3, -0.25) is 9.59 Å². The SMILES string of the molecule is CCC(=O)Nc1cccc(NC(=O)Cc2ccc(-n3cccn3)cc2)c1. The molecule has 0 aliphatic carbocycles. The van der Waals surface area contributed by atoms with Gasteiger partial charge in [0.05, 0.1) is 12.1 Å². The lowest BCUT2D eigenvalue weighted by Gasteiger charge is -2.09. The van der Waals surface area contributed by atoms with E-state index in [4.69, 9.17) is 0 Å². The standard InChI is InChI=1S/C20H20N4O2/c1-2-19(25)22-16-5-3-6-17(14-16)23-20(26)13-15-7-9-18(10-8-15)24-12-4-11-21-24/h3-12,14H,2,13H2,1H3,(H,22,25)(H,23,26). The molecule has 0 aliphatic rings. The molecule has 2 amide bonds. The molecule has 0 spiro atoms. The number of benzene rings is 2. The largest absolute Gasteiger partial charge is 0.326 e. The Morgan fingerprint density at radius 3 is 2.27 bits per heavy atom. The third kappa shape index (κ3) is 4.57. The zero-order valence-electron chi connectivity index (χ0n) is 14.5. The summed E-state index contributed by atoms with van der Waals surface area (Å²) in [5.74, 6) is -0.179. The van der Waals surface area contributed by atoms with E-state index in [0.717, 1.165) is 11.3 Å². The molecule has 6 heteroatoms. The molecule has 0 saturated carbocycles. The van der Waals surface area contributed by atoms with Crippen molar-refractivity contribution in [3.63, 3.8) is 0 Å². The highest BCUT2D eigenvalue weighted by Gasteiger charge is 2.06. The van der Waals surface area contributed by atoms with Gasteiger partial charge in [-0.2, -0.15) is 5.10 Å². The van der Waals surface area contributed by atoms with Crippen LogP contribution in [0.1, 0.15) is 18.9 Å². The van der Waals surface area contributed by atoms with Gasteiger partial charge in [-0.05, 0) is 42.0 Å². The molecule has 0 atom stereocenters. The van der Waals surface area contributed by atoms with Crippen molar-refractivity contribution in [3.05, 3.63) is 72.6 Å². The number of carbonyl (C=O) groups excluding carboxylic acids is 2. The van der Waals surface area contributed by atoms with Gasteiger partial charge in [-0.1, -0.05) is 25.1 Å². The lowest BCUT2D eigenvalue weighted by atomic mass is 10.1. The molecule has 26 heavy (non-hydrogen) atoms. The molecular formula is C20H20N4O2. The molecule has 0 radical (unpaired) electrons. The minimum Gasteiger partial charge on any atom is -0.326 e. The Hall–Kier alpha value is -3.41. The van der Waals surface area contributed by atoms with Crippen molar-refractivity contribution < 1.29 is 9.59 Å². The second-order valence-electron chi connectivity index (χ2n) is 5.82. The monoisotopic (exact) mass is 348 g/mol. The van der Waals surface area contributed by atoms with Crippen molar-refractivity contribution in [1.29, 1.82) is 0 Å². The molecule has 1 aromatic heterocycles. The zero-order chi connectivity index (χ0) is 18.4. The maximum atomic E-state index is 12.3. The fraction of sp³-hybridized carbons (Fsp3) is 0.150. The molecule has 1 heterocycles. The predicted molar refractivity (Wildman–Crippen MR) is 101 cm³/mol. The average molecular weight is 348 g/mol. The summed E-state index contributed by atoms with van der Waals surface area (Å²) in [6, 6.07) is 16.7. The normalized spacial score (nSPS) is 10.3. The van der Waals surface area contributed by atoms with Gasteiger partial charge in [0, 0.05) is 30.2 Å². The van der Waals surface area contributed by atoms with Crippen molar-refractivity contribution in [2.24, 2.45) is 0 Å². The number of hydrogen-bond acceptors (Lipinski definition) is 3. The van der Waals surface area contributed by atoms with Crippen LogP contribution in [0, 0.1) is 0 Å². The van der Waals surface area contributed by atoms with Crippen molar-refractivity contribution in [1.82, 2.24) is 9.78 Å². The van der Waals surface area contributed by atoms with Gasteiger partial charge in [0.15, 0.2) is 0 Å². The number of aromatic nitrogens is 2. The van der Waals surface area contributed by atoms with Gasteiger partial charge in [-0.15, -0.1) is 0 Å². The minimum atomic E-state index is -0.115. The Balaban J connectivity index is 1.60. The number of hydrogen-bond donors (Lipinski definition) is 2. The van der Waals surface area contributed by atoms with Crippen molar-refractivity contribution in [3.8, 4) is 5.69 Å². The lowest BCUT2D eigenvalue weighted by molar-refractivity contribution is -0.116. The van der Waals surface area contributed by atoms with E-state index in [9.17, 15) is 9.59 Å². The smallest absolute Gasteiger partial charge is 0.228 e. The molecule has 0 aliphatic heterocycles. The van der Waals surface area contributed by atoms with Crippen LogP contribution in [0.2, 0.25) is 0 Å². The molecule has 3 aromatic rings. The van der Waals surface area contributed by atoms with E-state index in [1.54, 1.807) is 42.1 Å². The number of anilines is 2. The third-order valence-electron chi connectivity index (χ3n) is 3.82. The summed E-state index contributed by atoms with van der Waals surface area (Å²) >= 11 is 0. The molecular weight excluding hydrogens is 328 g/mol. The van der Waals surface area contributed by atoms with Crippen LogP contribution in [0.25, 0.3) is 5.69 Å². The van der Waals surface area contributed by atoms with E-state index >= 15 is 0 Å². The van der Waals surface area contributed by atoms with E-state index in [1.807, 2.05) is 36.5 Å². The van der Waals surface area contributed by atoms with Crippen molar-refractivity contribution in [2.45, 2.75) is 19.8 Å². The Labute approximate surface area is 151 Å². The van der Waals surface area contributed by atoms with Crippen molar-refractivity contribution >= 4 is 23.2 Å². The first kappa shape index (κ1) is 17.4. The van der Waals surface area contributed by atoms with Gasteiger partial charge < -0.3 is 10.6 Å². The number of nitrogens with one attached hydrogen (secondary N) is 2. The molecule has 6 nitrogen and oxygen atoms in total. The minimum absolute atomic E-state index is 0.0641. The first-order valence-electron chi connectivity index (χ1n) is 8.43. The predicted octanol–water partition coefficient (Wildman–Crippen LogP) is 3.40. The zero-order valence-corrected chi connectivity index (χ0v) is 14.5. The van der Waals surface area contributed by atoms with Gasteiger partial charge in [0.2, 0.25) is 11.8 Å². The highest BCUT2D eigenvalue weighted by molar-refractivity contribution is 5.94. The summed E-state index contributed by atoms with van der Waals surface area (Å²) in [6.07, 6.45) is 4.26. The van der Waals surface area contributed by atoms with Crippen LogP contribution in [0.3, 0.4) is 0 Å². The van der Waals surface area contributed by atoms with Gasteiger partial charge >= 0.3 is 0 Å². The number of rotatable bonds is 6. The maximum absolute atomic E-state index is 12.3. The molecule has 2 N–H and O–H groups in total. The Bertz CT molecular complexity index is 886. The average Bonchev–Trinajstić information content (AvgIpc) is 3.17. The summed E-state index contributed by atoms with van der Waals surface area (Å²) in [5.41, 5.74) is 3.17. The Morgan fingerprint density at radius 2 is 1.65 bits per heavy atom. The summed E-state index contributed by atoms with van der Waals surface area (Å²) in [5, 5.41) is 9.81. The quantitative estimate of drug-likeness (QED) is 0.717. The van der Waals surface area contributed by atoms with Crippen molar-refractivity contribution in [2.75, 3.05) is 10.6 Å². The molecule has 132 valence electrons. The molecule has 2 aromatic carbocycles. The Kier molecular flexibility index (Phi) is 5.43. The topological polar surface area (TPSA) is 76.0 Å². The summed E-state index contributed by atoms with van der Waals surface area (Å²) < 4.78 is 1.76. The first-order valence-corrected chi connectivity index (χ1v) is 8.43. The van der Waals surface area contributed by atoms with Gasteiger partial charge in [0.1, 0.15) is 0 Å². The highest BCUT2D eigenvalue weighted by atomic mass is 16.2. The van der Waals surface area contributed by atoms with E-state index in [2.05, 4.69) is 15.7 Å². The Morgan fingerprint density at radius 1 is 0.962 bits per heavy atom. The molecule has 0 bridgehead atoms. The number of nitrogens with zero attached hydrogens (tertiary/aromatic N) is 2. The highest BCUT2D eigenvalue weighted by Crippen LogP contribution is 2.16. The summed E-state index contributed by atoms with van der Waals surface area (Å²) in [7, 11) is 0. The van der Waals surface area contributed by atoms with Crippen LogP contribution in [-0.4, -0.2) is 21.6 Å². The van der Waals surface area contributed by atoms with Gasteiger partial charge in [-0.25, -0.2) is 4.68 Å². The second-order valence-corrected chi connectivity index (χ2v) is 5.82. The van der Waals surface area contributed by atoms with Crippen LogP contribution in [0.15, 0.2) is 67.0 Å². The third-order valence-corrected chi connectivity index (χ3v) is 3.82. The van der Waals surface area contributed by atoms with Crippen LogP contribution in [0.4, 0.5) is 11.4 Å². The fourth-order valence-corrected chi connectivity index (χ4v) is 2.50. The molecule has 0 saturated heterocycles. The van der Waals surface area contributed by atoms with Crippen LogP contribution < -0.4 is 10.6 Å². The second kappa shape index (κ2) is 8.11. The van der Waals surface area contributed by atoms with Gasteiger partial charge in [0.25, 0.3) is 0 Å². The first-order chi connectivity index (χ1) is 12.6. The van der Waals surface area contributed by atoms with E-state index < -0.39 is 0 Å². The lowest BCUT2D eigenvalue weighted by Crippen LogP contribution is -2.15. The number of carbonyl (C=O) groups is 2. The molecule has 0 fully saturated rings. The summed E-state index contributed by atoms with van der Waals surface area (Å²) in [6.45, 7) is 1.79. The van der Waals surface area contributed by atoms with E-state index in [0.29, 0.717) is 17.8 Å². The molecule has 3 rings (SSSR count).